The molecule has 0 radical (unpaired) electrons. The highest BCUT2D eigenvalue weighted by molar-refractivity contribution is 5.47. The summed E-state index contributed by atoms with van der Waals surface area (Å²) in [6.07, 6.45) is 2.62. The van der Waals surface area contributed by atoms with E-state index in [1.54, 1.807) is 7.11 Å². The van der Waals surface area contributed by atoms with Crippen molar-refractivity contribution in [2.75, 3.05) is 26.8 Å². The summed E-state index contributed by atoms with van der Waals surface area (Å²) in [5, 5.41) is 16.0. The largest absolute Gasteiger partial charge is 0.493 e. The number of para-hydroxylation sites is 3. The van der Waals surface area contributed by atoms with Gasteiger partial charge in [-0.05, 0) is 55.0 Å². The molecule has 0 amide bonds. The molecule has 1 fully saturated rings. The fraction of sp³-hybridized carbons (Fsp3) is 0.364. The average Bonchev–Trinajstić information content (AvgIpc) is 3.74. The lowest BCUT2D eigenvalue weighted by molar-refractivity contribution is 0.00768. The minimum absolute atomic E-state index is 0.282. The van der Waals surface area contributed by atoms with Gasteiger partial charge in [0.15, 0.2) is 11.5 Å². The van der Waals surface area contributed by atoms with Crippen LogP contribution in [0, 0.1) is 5.92 Å². The minimum atomic E-state index is -0.602. The first kappa shape index (κ1) is 27.9. The van der Waals surface area contributed by atoms with Crippen molar-refractivity contribution in [2.24, 2.45) is 5.92 Å². The molecule has 1 unspecified atom stereocenters. The van der Waals surface area contributed by atoms with Gasteiger partial charge in [0.2, 0.25) is 5.88 Å². The number of methoxy groups -OCH3 is 1. The number of aliphatic hydroxyl groups excluding tert-OH is 1. The zero-order chi connectivity index (χ0) is 27.7. The lowest BCUT2D eigenvalue weighted by Gasteiger charge is -2.25. The summed E-state index contributed by atoms with van der Waals surface area (Å²) in [7, 11) is 1.65. The summed E-state index contributed by atoms with van der Waals surface area (Å²) in [5.41, 5.74) is 4.03. The van der Waals surface area contributed by atoms with E-state index in [0.717, 1.165) is 35.5 Å². The van der Waals surface area contributed by atoms with Gasteiger partial charge < -0.3 is 19.3 Å². The van der Waals surface area contributed by atoms with E-state index in [1.807, 2.05) is 89.6 Å². The normalized spacial score (nSPS) is 13.9. The highest BCUT2D eigenvalue weighted by atomic mass is 16.5. The second-order valence-electron chi connectivity index (χ2n) is 10.4. The van der Waals surface area contributed by atoms with Crippen LogP contribution in [-0.4, -0.2) is 52.7 Å². The number of hydrogen-bond acceptors (Lipinski definition) is 6. The SMILES string of the molecule is CCc1nn(-c2ccccc2)c(Oc2ccccc2OC)c1CN(CC(O)COCc1ccccc1)CC1CC1. The number of aryl methyl sites for hydroxylation is 1. The summed E-state index contributed by atoms with van der Waals surface area (Å²) in [5.74, 6) is 2.62. The fourth-order valence-corrected chi connectivity index (χ4v) is 4.91. The van der Waals surface area contributed by atoms with Crippen LogP contribution in [0.15, 0.2) is 84.9 Å². The maximum absolute atomic E-state index is 11.0. The van der Waals surface area contributed by atoms with E-state index in [0.29, 0.717) is 43.0 Å². The highest BCUT2D eigenvalue weighted by Crippen LogP contribution is 2.37. The third-order valence-electron chi connectivity index (χ3n) is 7.12. The molecule has 1 aliphatic rings. The van der Waals surface area contributed by atoms with Crippen molar-refractivity contribution < 1.29 is 19.3 Å². The maximum Gasteiger partial charge on any atom is 0.227 e. The molecule has 1 heterocycles. The van der Waals surface area contributed by atoms with E-state index in [2.05, 4.69) is 11.8 Å². The Labute approximate surface area is 236 Å². The number of rotatable bonds is 15. The van der Waals surface area contributed by atoms with Crippen LogP contribution in [0.3, 0.4) is 0 Å². The smallest absolute Gasteiger partial charge is 0.227 e. The third-order valence-corrected chi connectivity index (χ3v) is 7.12. The molecule has 1 aliphatic carbocycles. The van der Waals surface area contributed by atoms with Crippen LogP contribution >= 0.6 is 0 Å². The maximum atomic E-state index is 11.0. The van der Waals surface area contributed by atoms with Gasteiger partial charge >= 0.3 is 0 Å². The Morgan fingerprint density at radius 3 is 2.30 bits per heavy atom. The van der Waals surface area contributed by atoms with Crippen molar-refractivity contribution in [1.29, 1.82) is 0 Å². The molecule has 7 heteroatoms. The van der Waals surface area contributed by atoms with Crippen LogP contribution in [0.4, 0.5) is 0 Å². The van der Waals surface area contributed by atoms with Crippen LogP contribution in [0.25, 0.3) is 5.69 Å². The predicted molar refractivity (Wildman–Crippen MR) is 156 cm³/mol. The van der Waals surface area contributed by atoms with Gasteiger partial charge in [-0.25, -0.2) is 4.68 Å². The summed E-state index contributed by atoms with van der Waals surface area (Å²) >= 11 is 0. The van der Waals surface area contributed by atoms with Gasteiger partial charge in [0.1, 0.15) is 0 Å². The number of hydrogen-bond donors (Lipinski definition) is 1. The van der Waals surface area contributed by atoms with Gasteiger partial charge in [0.05, 0.1) is 43.4 Å². The standard InChI is InChI=1S/C33H39N3O4/c1-3-30-29(22-35(20-25-18-19-25)21-28(37)24-39-23-26-12-6-4-7-13-26)33(36(34-30)27-14-8-5-9-15-27)40-32-17-11-10-16-31(32)38-2/h4-17,25,28,37H,3,18-24H2,1-2H3. The van der Waals surface area contributed by atoms with Crippen LogP contribution in [0.1, 0.15) is 36.6 Å². The zero-order valence-corrected chi connectivity index (χ0v) is 23.4. The molecule has 1 saturated carbocycles. The van der Waals surface area contributed by atoms with Gasteiger partial charge in [-0.3, -0.25) is 4.90 Å². The van der Waals surface area contributed by atoms with Gasteiger partial charge in [-0.1, -0.05) is 67.6 Å². The van der Waals surface area contributed by atoms with Gasteiger partial charge in [0, 0.05) is 19.6 Å². The Bertz CT molecular complexity index is 1340. The number of ether oxygens (including phenoxy) is 3. The second kappa shape index (κ2) is 13.6. The number of benzene rings is 3. The molecule has 3 aromatic carbocycles. The van der Waals surface area contributed by atoms with E-state index < -0.39 is 6.10 Å². The van der Waals surface area contributed by atoms with Crippen molar-refractivity contribution in [3.63, 3.8) is 0 Å². The summed E-state index contributed by atoms with van der Waals surface area (Å²) in [6, 6.07) is 27.8. The van der Waals surface area contributed by atoms with Crippen molar-refractivity contribution in [3.05, 3.63) is 102 Å². The molecule has 1 atom stereocenters. The third kappa shape index (κ3) is 7.30. The molecule has 1 N–H and O–H groups in total. The molecule has 0 aliphatic heterocycles. The molecule has 4 aromatic rings. The summed E-state index contributed by atoms with van der Waals surface area (Å²) < 4.78 is 19.9. The van der Waals surface area contributed by atoms with E-state index in [1.165, 1.54) is 12.8 Å². The average molecular weight is 542 g/mol. The molecular weight excluding hydrogens is 502 g/mol. The molecule has 5 rings (SSSR count). The molecule has 40 heavy (non-hydrogen) atoms. The van der Waals surface area contributed by atoms with Crippen molar-refractivity contribution >= 4 is 0 Å². The van der Waals surface area contributed by atoms with Gasteiger partial charge in [-0.2, -0.15) is 5.10 Å². The molecule has 210 valence electrons. The van der Waals surface area contributed by atoms with E-state index in [-0.39, 0.29) is 6.61 Å². The number of nitrogens with zero attached hydrogens (tertiary/aromatic N) is 3. The summed E-state index contributed by atoms with van der Waals surface area (Å²) in [4.78, 5) is 2.33. The Morgan fingerprint density at radius 2 is 1.62 bits per heavy atom. The quantitative estimate of drug-likeness (QED) is 0.198. The van der Waals surface area contributed by atoms with Gasteiger partial charge in [-0.15, -0.1) is 0 Å². The Kier molecular flexibility index (Phi) is 9.50. The lowest BCUT2D eigenvalue weighted by Crippen LogP contribution is -2.36. The topological polar surface area (TPSA) is 69.0 Å². The second-order valence-corrected chi connectivity index (χ2v) is 10.4. The minimum Gasteiger partial charge on any atom is -0.493 e. The highest BCUT2D eigenvalue weighted by Gasteiger charge is 2.29. The fourth-order valence-electron chi connectivity index (χ4n) is 4.91. The molecule has 7 nitrogen and oxygen atoms in total. The molecule has 1 aromatic heterocycles. The molecule has 0 bridgehead atoms. The Morgan fingerprint density at radius 1 is 0.950 bits per heavy atom. The molecule has 0 saturated heterocycles. The van der Waals surface area contributed by atoms with Crippen LogP contribution in [0.2, 0.25) is 0 Å². The molecular formula is C33H39N3O4. The van der Waals surface area contributed by atoms with Crippen LogP contribution < -0.4 is 9.47 Å². The van der Waals surface area contributed by atoms with Crippen molar-refractivity contribution in [3.8, 4) is 23.1 Å². The number of aromatic nitrogens is 2. The van der Waals surface area contributed by atoms with E-state index in [4.69, 9.17) is 19.3 Å². The summed E-state index contributed by atoms with van der Waals surface area (Å²) in [6.45, 7) is 4.94. The first-order valence-corrected chi connectivity index (χ1v) is 14.1. The van der Waals surface area contributed by atoms with Crippen LogP contribution in [0.5, 0.6) is 17.4 Å². The van der Waals surface area contributed by atoms with Gasteiger partial charge in [0.25, 0.3) is 0 Å². The van der Waals surface area contributed by atoms with E-state index >= 15 is 0 Å². The van der Waals surface area contributed by atoms with E-state index in [9.17, 15) is 5.11 Å². The lowest BCUT2D eigenvalue weighted by atomic mass is 10.1. The molecule has 0 spiro atoms. The van der Waals surface area contributed by atoms with Crippen molar-refractivity contribution in [1.82, 2.24) is 14.7 Å². The van der Waals surface area contributed by atoms with Crippen LogP contribution in [-0.2, 0) is 24.3 Å². The first-order chi connectivity index (χ1) is 19.6. The number of aliphatic hydroxyl groups is 1. The predicted octanol–water partition coefficient (Wildman–Crippen LogP) is 6.03. The Balaban J connectivity index is 1.40. The first-order valence-electron chi connectivity index (χ1n) is 14.1. The van der Waals surface area contributed by atoms with Crippen molar-refractivity contribution in [2.45, 2.75) is 45.4 Å². The monoisotopic (exact) mass is 541 g/mol. The zero-order valence-electron chi connectivity index (χ0n) is 23.4. The Hall–Kier alpha value is -3.65.